The molecule has 1 aliphatic rings. The molecule has 1 nitrogen and oxygen atoms in total. The normalized spacial score (nSPS) is 12.1. The van der Waals surface area contributed by atoms with E-state index in [9.17, 15) is 5.41 Å². The topological polar surface area (TPSA) is 22.3 Å². The number of benzene rings is 4. The predicted molar refractivity (Wildman–Crippen MR) is 168 cm³/mol. The molecule has 4 aromatic rings. The summed E-state index contributed by atoms with van der Waals surface area (Å²) < 4.78 is 0. The van der Waals surface area contributed by atoms with Crippen LogP contribution < -0.4 is 49.6 Å². The number of rotatable bonds is 6. The fourth-order valence-corrected chi connectivity index (χ4v) is 5.24. The second-order valence-electron chi connectivity index (χ2n) is 10.8. The van der Waals surface area contributed by atoms with Crippen LogP contribution in [0.3, 0.4) is 0 Å². The van der Waals surface area contributed by atoms with Gasteiger partial charge in [0, 0.05) is 65.8 Å². The molecule has 0 saturated carbocycles. The number of allylic oxidation sites excluding steroid dienone is 4. The second-order valence-corrected chi connectivity index (χ2v) is 10.8. The van der Waals surface area contributed by atoms with Crippen LogP contribution in [0.5, 0.6) is 0 Å². The minimum absolute atomic E-state index is 0. The number of nitrogens with zero attached hydrogens (tertiary/aromatic N) is 1. The van der Waals surface area contributed by atoms with Crippen LogP contribution in [0.2, 0.25) is 0 Å². The first-order valence-corrected chi connectivity index (χ1v) is 13.0. The fraction of sp³-hybridized carbons (Fsp3) is 0.167. The average Bonchev–Trinajstić information content (AvgIpc) is 2.92. The van der Waals surface area contributed by atoms with Gasteiger partial charge >= 0.3 is 0 Å². The van der Waals surface area contributed by atoms with Crippen molar-refractivity contribution in [2.75, 3.05) is 0 Å². The fourth-order valence-electron chi connectivity index (χ4n) is 5.24. The van der Waals surface area contributed by atoms with E-state index in [1.807, 2.05) is 24.3 Å². The Bertz CT molecular complexity index is 1340. The van der Waals surface area contributed by atoms with Crippen molar-refractivity contribution >= 4 is 54.6 Å². The van der Waals surface area contributed by atoms with E-state index in [2.05, 4.69) is 130 Å². The molecule has 7 heteroatoms. The van der Waals surface area contributed by atoms with Crippen molar-refractivity contribution in [2.24, 2.45) is 5.41 Å². The molecule has 43 heavy (non-hydrogen) atoms. The molecule has 0 atom stereocenters. The molecule has 224 valence electrons. The molecule has 6 radical (unpaired) electrons. The third-order valence-electron chi connectivity index (χ3n) is 7.19. The average molecular weight is 865 g/mol. The molecular formula is C36H33Cl4NSb2-4. The minimum atomic E-state index is -0.0902. The smallest absolute Gasteiger partial charge is 0.0782 e. The van der Waals surface area contributed by atoms with Gasteiger partial charge in [0.2, 0.25) is 0 Å². The Labute approximate surface area is 317 Å². The van der Waals surface area contributed by atoms with Crippen LogP contribution in [0.15, 0.2) is 145 Å². The summed E-state index contributed by atoms with van der Waals surface area (Å²) in [5.74, 6) is 0.767. The van der Waals surface area contributed by atoms with E-state index in [-0.39, 0.29) is 116 Å². The van der Waals surface area contributed by atoms with E-state index in [1.54, 1.807) is 0 Å². The van der Waals surface area contributed by atoms with Gasteiger partial charge in [-0.05, 0) is 48.7 Å². The Morgan fingerprint density at radius 2 is 0.860 bits per heavy atom. The van der Waals surface area contributed by atoms with Crippen LogP contribution in [-0.4, -0.2) is 54.6 Å². The van der Waals surface area contributed by atoms with Gasteiger partial charge in [-0.15, -0.1) is 0 Å². The van der Waals surface area contributed by atoms with E-state index in [0.717, 1.165) is 33.7 Å². The summed E-state index contributed by atoms with van der Waals surface area (Å²) in [6.45, 7) is 6.73. The summed E-state index contributed by atoms with van der Waals surface area (Å²) in [6.07, 6.45) is 4.44. The first-order chi connectivity index (χ1) is 17.9. The van der Waals surface area contributed by atoms with Crippen LogP contribution in [-0.2, 0) is 0 Å². The van der Waals surface area contributed by atoms with Crippen LogP contribution in [0, 0.1) is 11.3 Å². The van der Waals surface area contributed by atoms with Gasteiger partial charge < -0.3 is 55.0 Å². The van der Waals surface area contributed by atoms with E-state index < -0.39 is 0 Å². The van der Waals surface area contributed by atoms with Gasteiger partial charge in [-0.25, -0.2) is 0 Å². The van der Waals surface area contributed by atoms with Crippen molar-refractivity contribution < 1.29 is 49.6 Å². The SMILES string of the molecule is CC(C)(C)C1=C[C+](C(c2ccccc2)c2ccccc2)C(=[N-])C(C(c2ccccc2)c2ccccc2)=C1.[Cl-].[Cl-].[Cl-].[Cl-].[Sb].[Sb]. The standard InChI is InChI=1S/C36H33N.4ClH.2Sb/c1-36(2,3)30-24-31(33(26-16-8-4-9-17-26)27-18-10-5-11-19-27)35(37)32(25-30)34(28-20-12-6-13-21-28)29-22-14-7-15-23-29;;;;;;/h4-25,33-34H,1-3H3;4*1H;;/p-4. The number of halogens is 4. The van der Waals surface area contributed by atoms with Gasteiger partial charge in [0.05, 0.1) is 29.6 Å². The van der Waals surface area contributed by atoms with Crippen LogP contribution in [0.1, 0.15) is 54.9 Å². The molecule has 0 aliphatic heterocycles. The number of hydrogen-bond acceptors (Lipinski definition) is 0. The first-order valence-electron chi connectivity index (χ1n) is 13.0. The summed E-state index contributed by atoms with van der Waals surface area (Å²) in [6, 6.07) is 42.1. The van der Waals surface area contributed by atoms with Crippen molar-refractivity contribution in [2.45, 2.75) is 32.6 Å². The molecule has 0 bridgehead atoms. The maximum atomic E-state index is 12.2. The maximum absolute atomic E-state index is 12.2. The van der Waals surface area contributed by atoms with Crippen LogP contribution in [0.4, 0.5) is 0 Å². The van der Waals surface area contributed by atoms with Crippen molar-refractivity contribution in [3.63, 3.8) is 0 Å². The van der Waals surface area contributed by atoms with Gasteiger partial charge in [0.1, 0.15) is 0 Å². The summed E-state index contributed by atoms with van der Waals surface area (Å²) >= 11 is 0. The second kappa shape index (κ2) is 20.0. The van der Waals surface area contributed by atoms with Gasteiger partial charge in [-0.2, -0.15) is 0 Å². The van der Waals surface area contributed by atoms with E-state index in [0.29, 0.717) is 5.71 Å². The maximum Gasteiger partial charge on any atom is 0.0782 e. The van der Waals surface area contributed by atoms with E-state index >= 15 is 0 Å². The quantitative estimate of drug-likeness (QED) is 0.142. The van der Waals surface area contributed by atoms with Crippen molar-refractivity contribution in [3.8, 4) is 0 Å². The summed E-state index contributed by atoms with van der Waals surface area (Å²) in [4.78, 5) is 0. The monoisotopic (exact) mass is 861 g/mol. The molecule has 4 aromatic carbocycles. The Hall–Kier alpha value is -1.30. The van der Waals surface area contributed by atoms with Gasteiger partial charge in [-0.3, -0.25) is 0 Å². The Balaban J connectivity index is 0. The molecule has 0 amide bonds. The van der Waals surface area contributed by atoms with Crippen molar-refractivity contribution in [1.29, 1.82) is 0 Å². The Morgan fingerprint density at radius 3 is 1.19 bits per heavy atom. The number of hydrogen-bond donors (Lipinski definition) is 0. The summed E-state index contributed by atoms with van der Waals surface area (Å²) in [5, 5.41) is 12.2. The molecule has 5 rings (SSSR count). The van der Waals surface area contributed by atoms with E-state index in [1.165, 1.54) is 5.57 Å². The molecule has 1 aliphatic carbocycles. The van der Waals surface area contributed by atoms with Crippen molar-refractivity contribution in [1.82, 2.24) is 0 Å². The molecule has 0 heterocycles. The first kappa shape index (κ1) is 43.8. The van der Waals surface area contributed by atoms with E-state index in [4.69, 9.17) is 0 Å². The molecule has 0 fully saturated rings. The molecular weight excluding hydrogens is 832 g/mol. The van der Waals surface area contributed by atoms with Crippen LogP contribution in [0.25, 0.3) is 5.41 Å². The molecule has 0 unspecified atom stereocenters. The molecule has 0 saturated heterocycles. The zero-order chi connectivity index (χ0) is 25.8. The predicted octanol–water partition coefficient (Wildman–Crippen LogP) is -3.60. The van der Waals surface area contributed by atoms with Crippen molar-refractivity contribution in [3.05, 3.63) is 178 Å². The van der Waals surface area contributed by atoms with Crippen LogP contribution >= 0.6 is 0 Å². The minimum Gasteiger partial charge on any atom is -1.00 e. The molecule has 0 spiro atoms. The summed E-state index contributed by atoms with van der Waals surface area (Å²) in [5.41, 5.74) is 7.08. The van der Waals surface area contributed by atoms with Gasteiger partial charge in [0.25, 0.3) is 0 Å². The Kier molecular flexibility index (Phi) is 20.3. The zero-order valence-electron chi connectivity index (χ0n) is 24.2. The third-order valence-corrected chi connectivity index (χ3v) is 7.19. The Morgan fingerprint density at radius 1 is 0.535 bits per heavy atom. The zero-order valence-corrected chi connectivity index (χ0v) is 32.3. The van der Waals surface area contributed by atoms with Gasteiger partial charge in [0.15, 0.2) is 0 Å². The largest absolute Gasteiger partial charge is 1.00 e. The third kappa shape index (κ3) is 10.4. The summed E-state index contributed by atoms with van der Waals surface area (Å²) in [7, 11) is 0. The van der Waals surface area contributed by atoms with Gasteiger partial charge in [-0.1, -0.05) is 121 Å². The molecule has 0 N–H and O–H groups in total. The molecule has 0 aromatic heterocycles.